The molecule has 0 heterocycles. The van der Waals surface area contributed by atoms with Crippen molar-refractivity contribution in [2.75, 3.05) is 13.2 Å². The van der Waals surface area contributed by atoms with Crippen molar-refractivity contribution in [2.45, 2.75) is 374 Å². The fourth-order valence-corrected chi connectivity index (χ4v) is 10.3. The normalized spacial score (nSPS) is 12.4. The molecule has 0 aromatic heterocycles. The van der Waals surface area contributed by atoms with Crippen LogP contribution in [0.3, 0.4) is 0 Å². The van der Waals surface area contributed by atoms with Crippen LogP contribution in [0.2, 0.25) is 0 Å². The monoisotopic (exact) mass is 1110 g/mol. The van der Waals surface area contributed by atoms with E-state index >= 15 is 0 Å². The topological polar surface area (TPSA) is 78.9 Å². The lowest BCUT2D eigenvalue weighted by molar-refractivity contribution is -0.167. The summed E-state index contributed by atoms with van der Waals surface area (Å²) in [6.07, 6.45) is 86.8. The summed E-state index contributed by atoms with van der Waals surface area (Å²) in [7, 11) is 0. The van der Waals surface area contributed by atoms with Crippen molar-refractivity contribution in [3.63, 3.8) is 0 Å². The van der Waals surface area contributed by atoms with E-state index in [2.05, 4.69) is 81.5 Å². The minimum Gasteiger partial charge on any atom is -0.462 e. The smallest absolute Gasteiger partial charge is 0.306 e. The zero-order chi connectivity index (χ0) is 57.1. The van der Waals surface area contributed by atoms with Gasteiger partial charge in [0.25, 0.3) is 0 Å². The third-order valence-electron chi connectivity index (χ3n) is 15.5. The molecule has 0 aliphatic heterocycles. The predicted molar refractivity (Wildman–Crippen MR) is 344 cm³/mol. The lowest BCUT2D eigenvalue weighted by Crippen LogP contribution is -2.30. The molecule has 1 atom stereocenters. The molecule has 0 radical (unpaired) electrons. The molecule has 0 saturated carbocycles. The average molecular weight is 1110 g/mol. The Morgan fingerprint density at radius 2 is 0.494 bits per heavy atom. The van der Waals surface area contributed by atoms with Crippen molar-refractivity contribution in [3.05, 3.63) is 60.8 Å². The van der Waals surface area contributed by atoms with E-state index in [-0.39, 0.29) is 31.1 Å². The van der Waals surface area contributed by atoms with Crippen LogP contribution in [0.1, 0.15) is 367 Å². The van der Waals surface area contributed by atoms with Crippen molar-refractivity contribution >= 4 is 17.9 Å². The van der Waals surface area contributed by atoms with E-state index in [0.29, 0.717) is 19.3 Å². The summed E-state index contributed by atoms with van der Waals surface area (Å²) in [6, 6.07) is 0. The molecule has 0 spiro atoms. The quantitative estimate of drug-likeness (QED) is 0.0261. The third-order valence-corrected chi connectivity index (χ3v) is 15.5. The van der Waals surface area contributed by atoms with Gasteiger partial charge in [-0.2, -0.15) is 0 Å². The van der Waals surface area contributed by atoms with Gasteiger partial charge in [-0.3, -0.25) is 14.4 Å². The zero-order valence-electron chi connectivity index (χ0n) is 52.9. The number of hydrogen-bond acceptors (Lipinski definition) is 6. The summed E-state index contributed by atoms with van der Waals surface area (Å²) in [5.74, 6) is -0.849. The summed E-state index contributed by atoms with van der Waals surface area (Å²) in [4.78, 5) is 38.3. The number of esters is 3. The van der Waals surface area contributed by atoms with Crippen LogP contribution >= 0.6 is 0 Å². The highest BCUT2D eigenvalue weighted by Gasteiger charge is 2.19. The molecule has 1 unspecified atom stereocenters. The molecule has 6 heteroatoms. The molecule has 0 aromatic carbocycles. The number of hydrogen-bond donors (Lipinski definition) is 0. The van der Waals surface area contributed by atoms with Gasteiger partial charge in [0.1, 0.15) is 13.2 Å². The van der Waals surface area contributed by atoms with Gasteiger partial charge in [0, 0.05) is 19.3 Å². The Balaban J connectivity index is 4.17. The lowest BCUT2D eigenvalue weighted by atomic mass is 10.0. The van der Waals surface area contributed by atoms with Crippen LogP contribution in [-0.2, 0) is 28.6 Å². The predicted octanol–water partition coefficient (Wildman–Crippen LogP) is 23.9. The zero-order valence-corrected chi connectivity index (χ0v) is 52.9. The largest absolute Gasteiger partial charge is 0.462 e. The molecule has 0 fully saturated rings. The number of rotatable bonds is 64. The standard InChI is InChI=1S/C73H132O6/c1-4-7-10-13-16-19-22-24-26-28-30-32-33-34-35-36-37-38-39-41-42-44-46-48-51-54-57-60-63-66-72(75)78-69-70(68-77-71(74)65-62-59-56-53-50-21-18-15-12-9-6-3)79-73(76)67-64-61-58-55-52-49-47-45-43-40-31-29-27-25-23-20-17-14-11-8-5-2/h7,10,16,19,24,26,29-32,70H,4-6,8-9,11-15,17-18,20-23,25,27-28,33-69H2,1-3H3/b10-7-,19-16-,26-24-,31-29-,32-30-. The van der Waals surface area contributed by atoms with E-state index < -0.39 is 6.10 Å². The Bertz CT molecular complexity index is 1410. The second-order valence-corrected chi connectivity index (χ2v) is 23.4. The molecule has 0 aliphatic rings. The van der Waals surface area contributed by atoms with Gasteiger partial charge in [-0.15, -0.1) is 0 Å². The summed E-state index contributed by atoms with van der Waals surface area (Å²) < 4.78 is 17.0. The molecule has 0 saturated heterocycles. The molecular weight excluding hydrogens is 973 g/mol. The Hall–Kier alpha value is -2.89. The highest BCUT2D eigenvalue weighted by atomic mass is 16.6. The van der Waals surface area contributed by atoms with E-state index in [1.54, 1.807) is 0 Å². The van der Waals surface area contributed by atoms with E-state index in [0.717, 1.165) is 83.5 Å². The first kappa shape index (κ1) is 76.1. The molecular formula is C73H132O6. The average Bonchev–Trinajstić information content (AvgIpc) is 3.45. The first-order valence-corrected chi connectivity index (χ1v) is 34.8. The molecule has 0 aliphatic carbocycles. The fraction of sp³-hybridized carbons (Fsp3) is 0.822. The van der Waals surface area contributed by atoms with Crippen molar-refractivity contribution in [2.24, 2.45) is 0 Å². The van der Waals surface area contributed by atoms with Gasteiger partial charge in [-0.25, -0.2) is 0 Å². The van der Waals surface area contributed by atoms with E-state index in [1.165, 1.54) is 244 Å². The van der Waals surface area contributed by atoms with Crippen molar-refractivity contribution in [3.8, 4) is 0 Å². The highest BCUT2D eigenvalue weighted by Crippen LogP contribution is 2.18. The maximum atomic E-state index is 12.9. The Kier molecular flexibility index (Phi) is 65.1. The molecule has 6 nitrogen and oxygen atoms in total. The number of allylic oxidation sites excluding steroid dienone is 10. The van der Waals surface area contributed by atoms with Gasteiger partial charge >= 0.3 is 17.9 Å². The minimum absolute atomic E-state index is 0.0694. The highest BCUT2D eigenvalue weighted by molar-refractivity contribution is 5.71. The van der Waals surface area contributed by atoms with Gasteiger partial charge in [-0.05, 0) is 83.5 Å². The van der Waals surface area contributed by atoms with E-state index in [4.69, 9.17) is 14.2 Å². The summed E-state index contributed by atoms with van der Waals surface area (Å²) in [5.41, 5.74) is 0. The van der Waals surface area contributed by atoms with Crippen LogP contribution in [0.15, 0.2) is 60.8 Å². The molecule has 0 amide bonds. The van der Waals surface area contributed by atoms with E-state index in [9.17, 15) is 14.4 Å². The Labute approximate surface area is 491 Å². The van der Waals surface area contributed by atoms with Crippen molar-refractivity contribution in [1.82, 2.24) is 0 Å². The number of carbonyl (C=O) groups is 3. The first-order chi connectivity index (χ1) is 39.0. The summed E-state index contributed by atoms with van der Waals surface area (Å²) in [5, 5.41) is 0. The number of unbranched alkanes of at least 4 members (excludes halogenated alkanes) is 43. The molecule has 460 valence electrons. The Morgan fingerprint density at radius 3 is 0.785 bits per heavy atom. The number of ether oxygens (including phenoxy) is 3. The maximum Gasteiger partial charge on any atom is 0.306 e. The summed E-state index contributed by atoms with van der Waals surface area (Å²) in [6.45, 7) is 6.58. The van der Waals surface area contributed by atoms with Gasteiger partial charge in [0.05, 0.1) is 0 Å². The van der Waals surface area contributed by atoms with Gasteiger partial charge in [-0.1, -0.05) is 326 Å². The molecule has 0 N–H and O–H groups in total. The van der Waals surface area contributed by atoms with Gasteiger partial charge < -0.3 is 14.2 Å². The fourth-order valence-electron chi connectivity index (χ4n) is 10.3. The molecule has 0 rings (SSSR count). The van der Waals surface area contributed by atoms with Crippen molar-refractivity contribution < 1.29 is 28.6 Å². The van der Waals surface area contributed by atoms with Crippen LogP contribution in [0.5, 0.6) is 0 Å². The maximum absolute atomic E-state index is 12.9. The molecule has 0 bridgehead atoms. The Morgan fingerprint density at radius 1 is 0.266 bits per heavy atom. The van der Waals surface area contributed by atoms with Crippen LogP contribution in [0, 0.1) is 0 Å². The lowest BCUT2D eigenvalue weighted by Gasteiger charge is -2.18. The van der Waals surface area contributed by atoms with E-state index in [1.807, 2.05) is 0 Å². The van der Waals surface area contributed by atoms with Crippen LogP contribution in [0.25, 0.3) is 0 Å². The number of carbonyl (C=O) groups excluding carboxylic acids is 3. The third kappa shape index (κ3) is 65.8. The van der Waals surface area contributed by atoms with Crippen molar-refractivity contribution in [1.29, 1.82) is 0 Å². The van der Waals surface area contributed by atoms with Crippen LogP contribution in [-0.4, -0.2) is 37.2 Å². The minimum atomic E-state index is -0.772. The first-order valence-electron chi connectivity index (χ1n) is 34.8. The molecule has 0 aromatic rings. The second-order valence-electron chi connectivity index (χ2n) is 23.4. The van der Waals surface area contributed by atoms with Crippen LogP contribution in [0.4, 0.5) is 0 Å². The van der Waals surface area contributed by atoms with Gasteiger partial charge in [0.2, 0.25) is 0 Å². The second kappa shape index (κ2) is 67.6. The summed E-state index contributed by atoms with van der Waals surface area (Å²) >= 11 is 0. The molecule has 79 heavy (non-hydrogen) atoms. The van der Waals surface area contributed by atoms with Crippen LogP contribution < -0.4 is 0 Å². The van der Waals surface area contributed by atoms with Gasteiger partial charge in [0.15, 0.2) is 6.10 Å². The SMILES string of the molecule is CC/C=C\C/C=C\C/C=C\C/C=C\CCCCCCCCCCCCCCCCCCC(=O)OCC(COC(=O)CCCCCCCCCCCCC)OC(=O)CCCCCCCCCCC/C=C\CCCCCCCCCC.